The number of hydrogen-bond acceptors (Lipinski definition) is 8. The Labute approximate surface area is 165 Å². The normalized spacial score (nSPS) is 10.6. The van der Waals surface area contributed by atoms with Gasteiger partial charge in [-0.3, -0.25) is 10.1 Å². The molecule has 0 aliphatic heterocycles. The van der Waals surface area contributed by atoms with Crippen LogP contribution in [0, 0.1) is 17.0 Å². The Kier molecular flexibility index (Phi) is 5.99. The van der Waals surface area contributed by atoms with Crippen LogP contribution in [-0.2, 0) is 12.4 Å². The third-order valence-corrected chi connectivity index (χ3v) is 5.11. The van der Waals surface area contributed by atoms with Crippen LogP contribution in [0.15, 0.2) is 47.6 Å². The lowest BCUT2D eigenvalue weighted by Crippen LogP contribution is -2.15. The zero-order chi connectivity index (χ0) is 20.1. The summed E-state index contributed by atoms with van der Waals surface area (Å²) in [7, 11) is 1.59. The van der Waals surface area contributed by atoms with E-state index in [0.29, 0.717) is 33.8 Å². The minimum Gasteiger partial charge on any atom is -0.497 e. The highest BCUT2D eigenvalue weighted by molar-refractivity contribution is 7.98. The molecule has 0 aliphatic carbocycles. The quantitative estimate of drug-likeness (QED) is 0.265. The second-order valence-electron chi connectivity index (χ2n) is 5.84. The lowest BCUT2D eigenvalue weighted by Gasteiger charge is -2.08. The molecule has 3 aromatic rings. The number of methoxy groups -OCH3 is 1. The van der Waals surface area contributed by atoms with Gasteiger partial charge in [0.15, 0.2) is 5.82 Å². The summed E-state index contributed by atoms with van der Waals surface area (Å²) in [6.07, 6.45) is 0. The molecule has 10 heteroatoms. The molecule has 0 fully saturated rings. The minimum absolute atomic E-state index is 0.0969. The van der Waals surface area contributed by atoms with Gasteiger partial charge in [-0.15, -0.1) is 10.2 Å². The van der Waals surface area contributed by atoms with Crippen molar-refractivity contribution in [3.63, 3.8) is 0 Å². The fourth-order valence-electron chi connectivity index (χ4n) is 2.51. The number of rotatable bonds is 8. The number of hydrogen-bond donors (Lipinski definition) is 1. The average molecular weight is 401 g/mol. The van der Waals surface area contributed by atoms with Crippen molar-refractivity contribution in [2.75, 3.05) is 13.0 Å². The lowest BCUT2D eigenvalue weighted by atomic mass is 10.1. The van der Waals surface area contributed by atoms with Gasteiger partial charge >= 0.3 is 0 Å². The van der Waals surface area contributed by atoms with Crippen LogP contribution < -0.4 is 15.3 Å². The fraction of sp³-hybridized carbons (Fsp3) is 0.222. The summed E-state index contributed by atoms with van der Waals surface area (Å²) in [5.74, 6) is 8.33. The summed E-state index contributed by atoms with van der Waals surface area (Å²) in [4.78, 5) is 10.7. The Morgan fingerprint density at radius 3 is 2.71 bits per heavy atom. The van der Waals surface area contributed by atoms with Gasteiger partial charge in [-0.05, 0) is 24.6 Å². The molecule has 0 atom stereocenters. The van der Waals surface area contributed by atoms with E-state index < -0.39 is 0 Å². The zero-order valence-corrected chi connectivity index (χ0v) is 16.2. The summed E-state index contributed by atoms with van der Waals surface area (Å²) in [5.41, 5.74) is 1.57. The molecule has 146 valence electrons. The molecular weight excluding hydrogens is 382 g/mol. The van der Waals surface area contributed by atoms with E-state index >= 15 is 0 Å². The summed E-state index contributed by atoms with van der Waals surface area (Å²) in [5, 5.41) is 19.7. The van der Waals surface area contributed by atoms with Crippen molar-refractivity contribution < 1.29 is 14.4 Å². The SMILES string of the molecule is COc1cccc(OCc2nnc(SCc3cccc([N+](=O)[O-])c3C)n2N)c1. The van der Waals surface area contributed by atoms with Crippen molar-refractivity contribution in [2.24, 2.45) is 0 Å². The molecule has 0 unspecified atom stereocenters. The van der Waals surface area contributed by atoms with Gasteiger partial charge in [0.05, 0.1) is 12.0 Å². The lowest BCUT2D eigenvalue weighted by molar-refractivity contribution is -0.385. The van der Waals surface area contributed by atoms with Crippen LogP contribution in [0.3, 0.4) is 0 Å². The molecule has 0 bridgehead atoms. The van der Waals surface area contributed by atoms with Crippen LogP contribution in [-0.4, -0.2) is 26.9 Å². The van der Waals surface area contributed by atoms with Crippen LogP contribution >= 0.6 is 11.8 Å². The first-order chi connectivity index (χ1) is 13.5. The number of nitro benzene ring substituents is 1. The maximum Gasteiger partial charge on any atom is 0.272 e. The van der Waals surface area contributed by atoms with Gasteiger partial charge in [0, 0.05) is 23.4 Å². The van der Waals surface area contributed by atoms with Crippen molar-refractivity contribution in [3.05, 3.63) is 69.5 Å². The Balaban J connectivity index is 1.65. The maximum atomic E-state index is 11.1. The monoisotopic (exact) mass is 401 g/mol. The number of nitrogen functional groups attached to an aromatic ring is 1. The number of aromatic nitrogens is 3. The highest BCUT2D eigenvalue weighted by Gasteiger charge is 2.15. The highest BCUT2D eigenvalue weighted by Crippen LogP contribution is 2.27. The molecule has 2 N–H and O–H groups in total. The number of benzene rings is 2. The summed E-state index contributed by atoms with van der Waals surface area (Å²) in [6.45, 7) is 1.88. The van der Waals surface area contributed by atoms with E-state index in [1.54, 1.807) is 32.2 Å². The second kappa shape index (κ2) is 8.61. The zero-order valence-electron chi connectivity index (χ0n) is 15.4. The highest BCUT2D eigenvalue weighted by atomic mass is 32.2. The Hall–Kier alpha value is -3.27. The number of ether oxygens (including phenoxy) is 2. The number of nitrogens with two attached hydrogens (primary N) is 1. The molecule has 0 saturated heterocycles. The average Bonchev–Trinajstić information content (AvgIpc) is 3.05. The van der Waals surface area contributed by atoms with E-state index in [1.165, 1.54) is 22.5 Å². The molecule has 9 nitrogen and oxygen atoms in total. The Morgan fingerprint density at radius 2 is 1.96 bits per heavy atom. The molecule has 0 radical (unpaired) electrons. The number of nitrogens with zero attached hydrogens (tertiary/aromatic N) is 4. The molecule has 0 spiro atoms. The van der Waals surface area contributed by atoms with Gasteiger partial charge < -0.3 is 15.3 Å². The van der Waals surface area contributed by atoms with E-state index in [2.05, 4.69) is 10.2 Å². The van der Waals surface area contributed by atoms with Gasteiger partial charge in [-0.1, -0.05) is 30.0 Å². The van der Waals surface area contributed by atoms with Crippen LogP contribution in [0.1, 0.15) is 17.0 Å². The predicted octanol–water partition coefficient (Wildman–Crippen LogP) is 3.09. The molecule has 3 rings (SSSR count). The van der Waals surface area contributed by atoms with Crippen molar-refractivity contribution >= 4 is 17.4 Å². The van der Waals surface area contributed by atoms with Crippen molar-refractivity contribution in [2.45, 2.75) is 24.4 Å². The van der Waals surface area contributed by atoms with Gasteiger partial charge in [0.2, 0.25) is 5.16 Å². The van der Waals surface area contributed by atoms with Crippen molar-refractivity contribution in [1.82, 2.24) is 14.9 Å². The number of nitro groups is 1. The smallest absolute Gasteiger partial charge is 0.272 e. The number of thioether (sulfide) groups is 1. The molecule has 0 saturated carbocycles. The second-order valence-corrected chi connectivity index (χ2v) is 6.79. The van der Waals surface area contributed by atoms with Crippen molar-refractivity contribution in [3.8, 4) is 11.5 Å². The van der Waals surface area contributed by atoms with Gasteiger partial charge in [-0.25, -0.2) is 4.68 Å². The van der Waals surface area contributed by atoms with Gasteiger partial charge in [0.25, 0.3) is 5.69 Å². The van der Waals surface area contributed by atoms with Crippen molar-refractivity contribution in [1.29, 1.82) is 0 Å². The van der Waals surface area contributed by atoms with E-state index in [-0.39, 0.29) is 17.2 Å². The van der Waals surface area contributed by atoms with Gasteiger partial charge in [0.1, 0.15) is 18.1 Å². The Morgan fingerprint density at radius 1 is 1.21 bits per heavy atom. The first-order valence-electron chi connectivity index (χ1n) is 8.31. The molecular formula is C18H19N5O4S. The van der Waals surface area contributed by atoms with E-state index in [4.69, 9.17) is 15.3 Å². The van der Waals surface area contributed by atoms with E-state index in [9.17, 15) is 10.1 Å². The molecule has 0 aliphatic rings. The Bertz CT molecular complexity index is 992. The fourth-order valence-corrected chi connectivity index (χ4v) is 3.45. The van der Waals surface area contributed by atoms with Crippen LogP contribution in [0.2, 0.25) is 0 Å². The molecule has 0 amide bonds. The molecule has 2 aromatic carbocycles. The molecule has 28 heavy (non-hydrogen) atoms. The third kappa shape index (κ3) is 4.34. The van der Waals surface area contributed by atoms with E-state index in [1.807, 2.05) is 18.2 Å². The maximum absolute atomic E-state index is 11.1. The topological polar surface area (TPSA) is 118 Å². The van der Waals surface area contributed by atoms with Crippen LogP contribution in [0.4, 0.5) is 5.69 Å². The molecule has 1 heterocycles. The standard InChI is InChI=1S/C18H19N5O4S/c1-12-13(5-3-8-16(12)23(24)25)11-28-18-21-20-17(22(18)19)10-27-15-7-4-6-14(9-15)26-2/h3-9H,10-11,19H2,1-2H3. The predicted molar refractivity (Wildman–Crippen MR) is 105 cm³/mol. The summed E-state index contributed by atoms with van der Waals surface area (Å²) < 4.78 is 12.2. The van der Waals surface area contributed by atoms with E-state index in [0.717, 1.165) is 5.56 Å². The van der Waals surface area contributed by atoms with Gasteiger partial charge in [-0.2, -0.15) is 0 Å². The largest absolute Gasteiger partial charge is 0.497 e. The first-order valence-corrected chi connectivity index (χ1v) is 9.30. The first kappa shape index (κ1) is 19.5. The third-order valence-electron chi connectivity index (χ3n) is 4.12. The van der Waals surface area contributed by atoms with Crippen LogP contribution in [0.25, 0.3) is 0 Å². The molecule has 1 aromatic heterocycles. The van der Waals surface area contributed by atoms with Crippen LogP contribution in [0.5, 0.6) is 11.5 Å². The summed E-state index contributed by atoms with van der Waals surface area (Å²) >= 11 is 1.35. The minimum atomic E-state index is -0.386. The summed E-state index contributed by atoms with van der Waals surface area (Å²) in [6, 6.07) is 12.2.